The minimum atomic E-state index is -0.776. The molecule has 2 N–H and O–H groups in total. The zero-order valence-corrected chi connectivity index (χ0v) is 19.5. The highest BCUT2D eigenvalue weighted by atomic mass is 16.7. The number of hydrazone groups is 1. The van der Waals surface area contributed by atoms with Crippen LogP contribution in [0.25, 0.3) is 5.69 Å². The van der Waals surface area contributed by atoms with Crippen LogP contribution >= 0.6 is 0 Å². The van der Waals surface area contributed by atoms with E-state index in [1.54, 1.807) is 31.2 Å². The second-order valence-electron chi connectivity index (χ2n) is 8.61. The first-order chi connectivity index (χ1) is 16.8. The van der Waals surface area contributed by atoms with Crippen molar-refractivity contribution in [3.8, 4) is 23.1 Å². The number of nitrogens with one attached hydrogen (secondary N) is 1. The molecule has 1 aromatic heterocycles. The first-order valence-corrected chi connectivity index (χ1v) is 11.2. The zero-order valence-electron chi connectivity index (χ0n) is 19.5. The number of aromatic amines is 1. The molecule has 0 spiro atoms. The van der Waals surface area contributed by atoms with Crippen molar-refractivity contribution in [2.24, 2.45) is 5.10 Å². The highest BCUT2D eigenvalue weighted by molar-refractivity contribution is 6.04. The molecule has 0 unspecified atom stereocenters. The van der Waals surface area contributed by atoms with E-state index in [-0.39, 0.29) is 36.8 Å². The van der Waals surface area contributed by atoms with Gasteiger partial charge in [-0.05, 0) is 54.8 Å². The number of aromatic hydroxyl groups is 1. The van der Waals surface area contributed by atoms with Crippen LogP contribution in [0, 0.1) is 13.8 Å². The van der Waals surface area contributed by atoms with E-state index in [1.165, 1.54) is 5.01 Å². The highest BCUT2D eigenvalue weighted by Crippen LogP contribution is 2.39. The Hall–Kier alpha value is -4.34. The molecule has 2 aromatic carbocycles. The maximum Gasteiger partial charge on any atom is 0.335 e. The van der Waals surface area contributed by atoms with Gasteiger partial charge in [-0.15, -0.1) is 0 Å². The van der Waals surface area contributed by atoms with E-state index < -0.39 is 23.2 Å². The van der Waals surface area contributed by atoms with Crippen molar-refractivity contribution in [1.82, 2.24) is 14.6 Å². The fourth-order valence-electron chi connectivity index (χ4n) is 4.54. The molecule has 180 valence electrons. The molecule has 2 aliphatic rings. The van der Waals surface area contributed by atoms with E-state index in [1.807, 2.05) is 26.0 Å². The third kappa shape index (κ3) is 3.86. The number of hydrogen-bond donors (Lipinski definition) is 2. The van der Waals surface area contributed by atoms with Crippen LogP contribution in [0.15, 0.2) is 51.1 Å². The second kappa shape index (κ2) is 8.46. The molecule has 0 fully saturated rings. The molecule has 0 radical (unpaired) electrons. The molecule has 0 aliphatic carbocycles. The fourth-order valence-corrected chi connectivity index (χ4v) is 4.54. The normalized spacial score (nSPS) is 16.5. The molecule has 3 aromatic rings. The van der Waals surface area contributed by atoms with E-state index in [0.29, 0.717) is 17.2 Å². The number of carbonyl (C=O) groups is 1. The maximum absolute atomic E-state index is 12.9. The molecule has 2 aliphatic heterocycles. The van der Waals surface area contributed by atoms with Crippen LogP contribution in [0.2, 0.25) is 0 Å². The highest BCUT2D eigenvalue weighted by Gasteiger charge is 2.36. The Kier molecular flexibility index (Phi) is 5.43. The summed E-state index contributed by atoms with van der Waals surface area (Å²) in [4.78, 5) is 40.6. The predicted octanol–water partition coefficient (Wildman–Crippen LogP) is 2.66. The monoisotopic (exact) mass is 476 g/mol. The fraction of sp³-hybridized carbons (Fsp3) is 0.280. The summed E-state index contributed by atoms with van der Waals surface area (Å²) in [6.07, 6.45) is 0.356. The molecule has 1 atom stereocenters. The van der Waals surface area contributed by atoms with Crippen molar-refractivity contribution in [1.29, 1.82) is 0 Å². The number of H-pyrrole nitrogens is 1. The van der Waals surface area contributed by atoms with Gasteiger partial charge >= 0.3 is 5.69 Å². The van der Waals surface area contributed by atoms with Gasteiger partial charge in [0.2, 0.25) is 18.6 Å². The average Bonchev–Trinajstić information content (AvgIpc) is 3.44. The van der Waals surface area contributed by atoms with E-state index in [2.05, 4.69) is 10.1 Å². The first kappa shape index (κ1) is 22.5. The summed E-state index contributed by atoms with van der Waals surface area (Å²) in [6, 6.07) is 10.2. The maximum atomic E-state index is 12.9. The summed E-state index contributed by atoms with van der Waals surface area (Å²) in [6.45, 7) is 5.58. The van der Waals surface area contributed by atoms with Crippen molar-refractivity contribution in [3.63, 3.8) is 0 Å². The third-order valence-electron chi connectivity index (χ3n) is 6.09. The molecule has 3 heterocycles. The number of benzene rings is 2. The average molecular weight is 476 g/mol. The molecule has 5 rings (SSSR count). The summed E-state index contributed by atoms with van der Waals surface area (Å²) in [5.41, 5.74) is 1.44. The van der Waals surface area contributed by atoms with Gasteiger partial charge in [0.05, 0.1) is 17.4 Å². The molecular formula is C25H24N4O6. The molecule has 10 heteroatoms. The summed E-state index contributed by atoms with van der Waals surface area (Å²) in [5, 5.41) is 16.9. The van der Waals surface area contributed by atoms with Crippen LogP contribution < -0.4 is 20.7 Å². The summed E-state index contributed by atoms with van der Waals surface area (Å²) < 4.78 is 11.9. The lowest BCUT2D eigenvalue weighted by molar-refractivity contribution is -0.132. The Bertz CT molecular complexity index is 1480. The smallest absolute Gasteiger partial charge is 0.335 e. The van der Waals surface area contributed by atoms with E-state index in [0.717, 1.165) is 21.3 Å². The lowest BCUT2D eigenvalue weighted by Gasteiger charge is -2.21. The standard InChI is InChI=1S/C25H24N4O6/c1-4-21(30)29-18(15-5-6-19-20(10-15)35-12-34-19)11-17(27-29)22-23(31)26-25(33)28(24(22)32)16-8-13(2)7-14(3)9-16/h5-10,18,32H,4,11-12H2,1-3H3,(H,26,31,33)/t18-/m0/s1. The summed E-state index contributed by atoms with van der Waals surface area (Å²) >= 11 is 0. The third-order valence-corrected chi connectivity index (χ3v) is 6.09. The van der Waals surface area contributed by atoms with Crippen LogP contribution in [0.4, 0.5) is 0 Å². The van der Waals surface area contributed by atoms with Crippen molar-refractivity contribution >= 4 is 11.6 Å². The van der Waals surface area contributed by atoms with Crippen molar-refractivity contribution in [3.05, 3.63) is 79.5 Å². The number of fused-ring (bicyclic) bond motifs is 1. The van der Waals surface area contributed by atoms with Crippen LogP contribution in [0.3, 0.4) is 0 Å². The van der Waals surface area contributed by atoms with Crippen LogP contribution in [-0.2, 0) is 4.79 Å². The van der Waals surface area contributed by atoms with Gasteiger partial charge in [0.15, 0.2) is 11.5 Å². The Morgan fingerprint density at radius 3 is 2.54 bits per heavy atom. The molecule has 0 bridgehead atoms. The van der Waals surface area contributed by atoms with E-state index in [4.69, 9.17) is 9.47 Å². The van der Waals surface area contributed by atoms with Crippen LogP contribution in [0.5, 0.6) is 17.4 Å². The minimum absolute atomic E-state index is 0.117. The number of rotatable bonds is 4. The Morgan fingerprint density at radius 2 is 1.83 bits per heavy atom. The SMILES string of the molecule is CCC(=O)N1N=C(c2c(O)n(-c3cc(C)cc(C)c3)c(=O)[nH]c2=O)C[C@H]1c1ccc2c(c1)OCO2. The second-order valence-corrected chi connectivity index (χ2v) is 8.61. The van der Waals surface area contributed by atoms with Gasteiger partial charge in [-0.3, -0.25) is 14.6 Å². The number of aromatic nitrogens is 2. The largest absolute Gasteiger partial charge is 0.493 e. The molecular weight excluding hydrogens is 452 g/mol. The molecule has 0 saturated carbocycles. The van der Waals surface area contributed by atoms with Gasteiger partial charge in [-0.2, -0.15) is 5.10 Å². The first-order valence-electron chi connectivity index (χ1n) is 11.2. The van der Waals surface area contributed by atoms with Gasteiger partial charge in [-0.1, -0.05) is 19.1 Å². The predicted molar refractivity (Wildman–Crippen MR) is 127 cm³/mol. The summed E-state index contributed by atoms with van der Waals surface area (Å²) in [7, 11) is 0. The van der Waals surface area contributed by atoms with Gasteiger partial charge in [0, 0.05) is 12.8 Å². The number of aryl methyl sites for hydroxylation is 2. The van der Waals surface area contributed by atoms with E-state index >= 15 is 0 Å². The molecule has 0 saturated heterocycles. The van der Waals surface area contributed by atoms with Gasteiger partial charge in [0.1, 0.15) is 5.56 Å². The lowest BCUT2D eigenvalue weighted by Crippen LogP contribution is -2.33. The topological polar surface area (TPSA) is 126 Å². The van der Waals surface area contributed by atoms with Crippen LogP contribution in [-0.4, -0.2) is 38.1 Å². The Labute approximate surface area is 200 Å². The Balaban J connectivity index is 1.62. The molecule has 1 amide bonds. The molecule has 35 heavy (non-hydrogen) atoms. The number of ether oxygens (including phenoxy) is 2. The minimum Gasteiger partial charge on any atom is -0.493 e. The number of hydrogen-bond acceptors (Lipinski definition) is 7. The number of nitrogens with zero attached hydrogens (tertiary/aromatic N) is 3. The van der Waals surface area contributed by atoms with Gasteiger partial charge in [0.25, 0.3) is 5.56 Å². The quantitative estimate of drug-likeness (QED) is 0.596. The summed E-state index contributed by atoms with van der Waals surface area (Å²) in [5.74, 6) is 0.388. The zero-order chi connectivity index (χ0) is 24.9. The van der Waals surface area contributed by atoms with E-state index in [9.17, 15) is 19.5 Å². The Morgan fingerprint density at radius 1 is 1.11 bits per heavy atom. The van der Waals surface area contributed by atoms with Crippen LogP contribution in [0.1, 0.15) is 48.1 Å². The van der Waals surface area contributed by atoms with Gasteiger partial charge in [-0.25, -0.2) is 14.4 Å². The lowest BCUT2D eigenvalue weighted by atomic mass is 9.98. The molecule has 10 nitrogen and oxygen atoms in total. The number of carbonyl (C=O) groups excluding carboxylic acids is 1. The van der Waals surface area contributed by atoms with Gasteiger partial charge < -0.3 is 14.6 Å². The van der Waals surface area contributed by atoms with Crippen molar-refractivity contribution in [2.75, 3.05) is 6.79 Å². The van der Waals surface area contributed by atoms with Crippen molar-refractivity contribution in [2.45, 2.75) is 39.7 Å². The number of amides is 1. The van der Waals surface area contributed by atoms with Crippen molar-refractivity contribution < 1.29 is 19.4 Å².